The molecule has 4 heteroatoms. The van der Waals surface area contributed by atoms with Gasteiger partial charge in [0.15, 0.2) is 0 Å². The maximum absolute atomic E-state index is 10.9. The first kappa shape index (κ1) is 11.3. The van der Waals surface area contributed by atoms with Crippen molar-refractivity contribution in [1.29, 1.82) is 0 Å². The molecule has 1 heterocycles. The summed E-state index contributed by atoms with van der Waals surface area (Å²) in [6.07, 6.45) is 0. The van der Waals surface area contributed by atoms with Gasteiger partial charge in [0.1, 0.15) is 5.75 Å². The number of carbonyl (C=O) groups is 1. The van der Waals surface area contributed by atoms with Crippen LogP contribution >= 0.6 is 0 Å². The number of rotatable bonds is 2. The number of hydrogen-bond donors (Lipinski definition) is 3. The third kappa shape index (κ3) is 1.93. The summed E-state index contributed by atoms with van der Waals surface area (Å²) in [7, 11) is 0. The zero-order valence-corrected chi connectivity index (χ0v) is 9.92. The summed E-state index contributed by atoms with van der Waals surface area (Å²) >= 11 is 0. The van der Waals surface area contributed by atoms with Crippen LogP contribution in [0.25, 0.3) is 22.2 Å². The average molecular weight is 253 g/mol. The number of phenols is 1. The Morgan fingerprint density at radius 2 is 1.84 bits per heavy atom. The summed E-state index contributed by atoms with van der Waals surface area (Å²) in [6.45, 7) is 0. The molecule has 0 radical (unpaired) electrons. The number of benzene rings is 2. The molecule has 0 saturated heterocycles. The zero-order chi connectivity index (χ0) is 13.4. The molecule has 0 unspecified atom stereocenters. The molecule has 0 spiro atoms. The molecule has 0 aliphatic heterocycles. The van der Waals surface area contributed by atoms with Gasteiger partial charge in [-0.15, -0.1) is 0 Å². The highest BCUT2D eigenvalue weighted by Gasteiger charge is 2.09. The first-order valence-corrected chi connectivity index (χ1v) is 5.79. The Bertz CT molecular complexity index is 774. The van der Waals surface area contributed by atoms with Gasteiger partial charge in [0.25, 0.3) is 0 Å². The SMILES string of the molecule is O=C(O)c1ccc2cc(-c3ccccc3O)[nH]c2c1. The van der Waals surface area contributed by atoms with Crippen molar-refractivity contribution in [2.75, 3.05) is 0 Å². The van der Waals surface area contributed by atoms with Gasteiger partial charge in [-0.2, -0.15) is 0 Å². The smallest absolute Gasteiger partial charge is 0.335 e. The number of para-hydroxylation sites is 1. The number of carboxylic acid groups (broad SMARTS) is 1. The first-order chi connectivity index (χ1) is 9.15. The fraction of sp³-hybridized carbons (Fsp3) is 0. The zero-order valence-electron chi connectivity index (χ0n) is 9.92. The highest BCUT2D eigenvalue weighted by molar-refractivity contribution is 5.95. The van der Waals surface area contributed by atoms with E-state index < -0.39 is 5.97 Å². The van der Waals surface area contributed by atoms with Crippen molar-refractivity contribution in [3.05, 3.63) is 54.1 Å². The Kier molecular flexibility index (Phi) is 2.49. The number of aromatic amines is 1. The number of fused-ring (bicyclic) bond motifs is 1. The lowest BCUT2D eigenvalue weighted by Crippen LogP contribution is -1.94. The monoisotopic (exact) mass is 253 g/mol. The average Bonchev–Trinajstić information content (AvgIpc) is 2.81. The fourth-order valence-corrected chi connectivity index (χ4v) is 2.11. The van der Waals surface area contributed by atoms with Crippen LogP contribution in [0.15, 0.2) is 48.5 Å². The number of aromatic carboxylic acids is 1. The standard InChI is InChI=1S/C15H11NO3/c17-14-4-2-1-3-11(14)13-7-9-5-6-10(15(18)19)8-12(9)16-13/h1-8,16-17H,(H,18,19). The fourth-order valence-electron chi connectivity index (χ4n) is 2.11. The molecule has 3 N–H and O–H groups in total. The van der Waals surface area contributed by atoms with Crippen LogP contribution in [0.2, 0.25) is 0 Å². The summed E-state index contributed by atoms with van der Waals surface area (Å²) in [5.74, 6) is -0.770. The molecule has 0 aliphatic carbocycles. The van der Waals surface area contributed by atoms with Crippen molar-refractivity contribution in [3.63, 3.8) is 0 Å². The maximum atomic E-state index is 10.9. The molecule has 0 bridgehead atoms. The third-order valence-electron chi connectivity index (χ3n) is 3.06. The van der Waals surface area contributed by atoms with E-state index in [0.29, 0.717) is 5.56 Å². The molecule has 94 valence electrons. The van der Waals surface area contributed by atoms with E-state index >= 15 is 0 Å². The Labute approximate surface area is 108 Å². The lowest BCUT2D eigenvalue weighted by Gasteiger charge is -2.00. The molecular weight excluding hydrogens is 242 g/mol. The maximum Gasteiger partial charge on any atom is 0.335 e. The summed E-state index contributed by atoms with van der Waals surface area (Å²) in [5, 5.41) is 19.7. The van der Waals surface area contributed by atoms with Crippen molar-refractivity contribution in [1.82, 2.24) is 4.98 Å². The minimum Gasteiger partial charge on any atom is -0.507 e. The molecular formula is C15H11NO3. The predicted molar refractivity (Wildman–Crippen MR) is 72.4 cm³/mol. The molecule has 3 rings (SSSR count). The Morgan fingerprint density at radius 3 is 2.58 bits per heavy atom. The lowest BCUT2D eigenvalue weighted by molar-refractivity contribution is 0.0697. The van der Waals surface area contributed by atoms with Crippen LogP contribution in [0.4, 0.5) is 0 Å². The first-order valence-electron chi connectivity index (χ1n) is 5.79. The van der Waals surface area contributed by atoms with Crippen molar-refractivity contribution in [3.8, 4) is 17.0 Å². The van der Waals surface area contributed by atoms with Crippen LogP contribution in [0, 0.1) is 0 Å². The van der Waals surface area contributed by atoms with E-state index in [1.54, 1.807) is 36.4 Å². The molecule has 0 saturated carbocycles. The quantitative estimate of drug-likeness (QED) is 0.656. The summed E-state index contributed by atoms with van der Waals surface area (Å²) in [6, 6.07) is 13.8. The third-order valence-corrected chi connectivity index (χ3v) is 3.06. The number of H-pyrrole nitrogens is 1. The summed E-state index contributed by atoms with van der Waals surface area (Å²) < 4.78 is 0. The predicted octanol–water partition coefficient (Wildman–Crippen LogP) is 3.24. The van der Waals surface area contributed by atoms with Gasteiger partial charge < -0.3 is 15.2 Å². The van der Waals surface area contributed by atoms with Gasteiger partial charge in [-0.3, -0.25) is 0 Å². The van der Waals surface area contributed by atoms with Crippen molar-refractivity contribution < 1.29 is 15.0 Å². The van der Waals surface area contributed by atoms with Gasteiger partial charge in [0.2, 0.25) is 0 Å². The molecule has 0 atom stereocenters. The molecule has 0 fully saturated rings. The summed E-state index contributed by atoms with van der Waals surface area (Å²) in [5.41, 5.74) is 2.42. The van der Waals surface area contributed by atoms with Gasteiger partial charge in [-0.1, -0.05) is 18.2 Å². The topological polar surface area (TPSA) is 73.3 Å². The molecule has 3 aromatic rings. The Hall–Kier alpha value is -2.75. The second-order valence-corrected chi connectivity index (χ2v) is 4.31. The van der Waals surface area contributed by atoms with Gasteiger partial charge in [-0.05, 0) is 30.3 Å². The molecule has 1 aromatic heterocycles. The molecule has 4 nitrogen and oxygen atoms in total. The van der Waals surface area contributed by atoms with Crippen LogP contribution in [0.3, 0.4) is 0 Å². The van der Waals surface area contributed by atoms with Crippen LogP contribution < -0.4 is 0 Å². The second kappa shape index (κ2) is 4.17. The minimum atomic E-state index is -0.958. The highest BCUT2D eigenvalue weighted by Crippen LogP contribution is 2.30. The van der Waals surface area contributed by atoms with E-state index in [1.165, 1.54) is 0 Å². The number of nitrogens with one attached hydrogen (secondary N) is 1. The van der Waals surface area contributed by atoms with Gasteiger partial charge >= 0.3 is 5.97 Å². The van der Waals surface area contributed by atoms with Gasteiger partial charge in [0, 0.05) is 16.5 Å². The minimum absolute atomic E-state index is 0.188. The number of hydrogen-bond acceptors (Lipinski definition) is 2. The van der Waals surface area contributed by atoms with Crippen LogP contribution in [-0.4, -0.2) is 21.2 Å². The largest absolute Gasteiger partial charge is 0.507 e. The number of carboxylic acids is 1. The lowest BCUT2D eigenvalue weighted by atomic mass is 10.1. The highest BCUT2D eigenvalue weighted by atomic mass is 16.4. The van der Waals surface area contributed by atoms with Crippen molar-refractivity contribution in [2.45, 2.75) is 0 Å². The van der Waals surface area contributed by atoms with E-state index in [4.69, 9.17) is 5.11 Å². The molecule has 0 amide bonds. The van der Waals surface area contributed by atoms with Gasteiger partial charge in [0.05, 0.1) is 11.3 Å². The number of aromatic nitrogens is 1. The van der Waals surface area contributed by atoms with Crippen molar-refractivity contribution >= 4 is 16.9 Å². The molecule has 19 heavy (non-hydrogen) atoms. The normalized spacial score (nSPS) is 10.7. The van der Waals surface area contributed by atoms with Crippen molar-refractivity contribution in [2.24, 2.45) is 0 Å². The van der Waals surface area contributed by atoms with E-state index in [1.807, 2.05) is 12.1 Å². The molecule has 2 aromatic carbocycles. The van der Waals surface area contributed by atoms with E-state index in [2.05, 4.69) is 4.98 Å². The Balaban J connectivity index is 2.17. The summed E-state index contributed by atoms with van der Waals surface area (Å²) in [4.78, 5) is 14.0. The van der Waals surface area contributed by atoms with Gasteiger partial charge in [-0.25, -0.2) is 4.79 Å². The van der Waals surface area contributed by atoms with Crippen LogP contribution in [0.1, 0.15) is 10.4 Å². The van der Waals surface area contributed by atoms with E-state index in [9.17, 15) is 9.90 Å². The molecule has 0 aliphatic rings. The number of phenolic OH excluding ortho intramolecular Hbond substituents is 1. The van der Waals surface area contributed by atoms with Crippen LogP contribution in [-0.2, 0) is 0 Å². The van der Waals surface area contributed by atoms with E-state index in [0.717, 1.165) is 16.6 Å². The Morgan fingerprint density at radius 1 is 1.05 bits per heavy atom. The van der Waals surface area contributed by atoms with Crippen LogP contribution in [0.5, 0.6) is 5.75 Å². The second-order valence-electron chi connectivity index (χ2n) is 4.31. The number of aromatic hydroxyl groups is 1. The van der Waals surface area contributed by atoms with E-state index in [-0.39, 0.29) is 11.3 Å².